The van der Waals surface area contributed by atoms with E-state index in [1.54, 1.807) is 0 Å². The van der Waals surface area contributed by atoms with Gasteiger partial charge in [0.2, 0.25) is 0 Å². The zero-order valence-corrected chi connectivity index (χ0v) is 12.7. The predicted molar refractivity (Wildman–Crippen MR) is 62.7 cm³/mol. The van der Waals surface area contributed by atoms with Crippen LogP contribution in [0, 0.1) is 11.8 Å². The Kier molecular flexibility index (Phi) is 11.6. The van der Waals surface area contributed by atoms with E-state index in [1.807, 2.05) is 0 Å². The van der Waals surface area contributed by atoms with Gasteiger partial charge in [-0.15, -0.1) is 0 Å². The minimum absolute atomic E-state index is 0. The summed E-state index contributed by atoms with van der Waals surface area (Å²) in [5.74, 6) is 1.63. The average molecular weight is 208 g/mol. The first-order valence-corrected chi connectivity index (χ1v) is 8.38. The van der Waals surface area contributed by atoms with Crippen LogP contribution in [0.3, 0.4) is 0 Å². The van der Waals surface area contributed by atoms with Crippen LogP contribution in [0.2, 0.25) is 10.6 Å². The molecule has 0 aromatic heterocycles. The van der Waals surface area contributed by atoms with Crippen molar-refractivity contribution in [1.82, 2.24) is 0 Å². The van der Waals surface area contributed by atoms with Crippen LogP contribution >= 0.6 is 0 Å². The molecule has 80 valence electrons. The van der Waals surface area contributed by atoms with Crippen LogP contribution in [0.1, 0.15) is 41.5 Å². The summed E-state index contributed by atoms with van der Waals surface area (Å²) in [5.41, 5.74) is 0. The van der Waals surface area contributed by atoms with Crippen LogP contribution in [0.15, 0.2) is 0 Å². The van der Waals surface area contributed by atoms with E-state index < -0.39 is 14.5 Å². The van der Waals surface area contributed by atoms with Gasteiger partial charge >= 0.3 is 18.9 Å². The Hall–Kier alpha value is 1.09. The molecule has 0 rings (SSSR count). The molecule has 0 N–H and O–H groups in total. The molecular weight excluding hydrogens is 182 g/mol. The van der Waals surface area contributed by atoms with Crippen molar-refractivity contribution in [3.63, 3.8) is 0 Å². The quantitative estimate of drug-likeness (QED) is 0.576. The molecule has 0 aliphatic rings. The summed E-state index contributed by atoms with van der Waals surface area (Å²) in [6, 6.07) is 0. The molecule has 0 aromatic rings. The Bertz CT molecular complexity index is 103. The van der Waals surface area contributed by atoms with Crippen molar-refractivity contribution < 1.29 is 22.6 Å². The number of hydrogen-bond donors (Lipinski definition) is 0. The van der Waals surface area contributed by atoms with Gasteiger partial charge in [-0.3, -0.25) is 0 Å². The van der Waals surface area contributed by atoms with Gasteiger partial charge in [-0.1, -0.05) is 39.5 Å². The summed E-state index contributed by atoms with van der Waals surface area (Å²) in [7, 11) is 0. The Morgan fingerprint density at radius 3 is 1.43 bits per heavy atom. The average Bonchev–Trinajstić information content (AvgIpc) is 1.80. The second kappa shape index (κ2) is 9.33. The van der Waals surface area contributed by atoms with Crippen LogP contribution in [-0.2, 0) is 3.79 Å². The van der Waals surface area contributed by atoms with Gasteiger partial charge < -0.3 is 3.79 Å². The van der Waals surface area contributed by atoms with Gasteiger partial charge in [-0.05, 0) is 20.0 Å². The number of rotatable bonds is 6. The minimum Gasteiger partial charge on any atom is -0.658 e. The van der Waals surface area contributed by atoms with E-state index in [0.717, 1.165) is 11.8 Å². The first-order chi connectivity index (χ1) is 5.91. The predicted octanol–water partition coefficient (Wildman–Crippen LogP) is 0.451. The van der Waals surface area contributed by atoms with Crippen LogP contribution in [0.4, 0.5) is 0 Å². The zero-order chi connectivity index (χ0) is 10.4. The van der Waals surface area contributed by atoms with Gasteiger partial charge in [0.1, 0.15) is 0 Å². The first kappa shape index (κ1) is 17.5. The maximum Gasteiger partial charge on any atom is 1.00 e. The van der Waals surface area contributed by atoms with Gasteiger partial charge in [-0.2, -0.15) is 10.6 Å². The van der Waals surface area contributed by atoms with E-state index >= 15 is 0 Å². The molecule has 0 heterocycles. The Morgan fingerprint density at radius 2 is 1.21 bits per heavy atom. The third kappa shape index (κ3) is 11.2. The van der Waals surface area contributed by atoms with E-state index in [4.69, 9.17) is 3.79 Å². The topological polar surface area (TPSA) is 9.23 Å². The van der Waals surface area contributed by atoms with Crippen molar-refractivity contribution >= 4 is 14.5 Å². The Morgan fingerprint density at radius 1 is 0.857 bits per heavy atom. The molecule has 0 fully saturated rings. The molecule has 0 aliphatic heterocycles. The summed E-state index contributed by atoms with van der Waals surface area (Å²) in [5, 5.41) is 2.73. The third-order valence-corrected chi connectivity index (χ3v) is 7.10. The third-order valence-electron chi connectivity index (χ3n) is 2.37. The molecular formula is C11H26AlLiO. The maximum absolute atomic E-state index is 6.05. The minimum atomic E-state index is -1.27. The second-order valence-corrected chi connectivity index (χ2v) is 8.35. The van der Waals surface area contributed by atoms with Crippen molar-refractivity contribution in [1.29, 1.82) is 0 Å². The van der Waals surface area contributed by atoms with Crippen molar-refractivity contribution in [2.75, 3.05) is 0 Å². The molecule has 0 amide bonds. The molecule has 0 radical (unpaired) electrons. The monoisotopic (exact) mass is 208 g/mol. The van der Waals surface area contributed by atoms with Crippen molar-refractivity contribution in [2.24, 2.45) is 11.8 Å². The van der Waals surface area contributed by atoms with Gasteiger partial charge in [0.15, 0.2) is 0 Å². The number of hydrogen-bond acceptors (Lipinski definition) is 1. The standard InChI is InChI=1S/2C4H9.C3H7O.Al.Li.H/c2*1-4(2)3;1-3(2)4;;;/h2*4H,1H2,2-3H3;3H,1-2H3;;;/q;;-1;;+1;. The zero-order valence-electron chi connectivity index (χ0n) is 11.3. The maximum atomic E-state index is 6.05. The van der Waals surface area contributed by atoms with E-state index in [0.29, 0.717) is 6.10 Å². The molecule has 1 nitrogen and oxygen atoms in total. The van der Waals surface area contributed by atoms with Crippen molar-refractivity contribution in [3.8, 4) is 0 Å². The molecule has 0 spiro atoms. The second-order valence-electron chi connectivity index (χ2n) is 5.34. The SMILES string of the molecule is CC(C)[CH2][AlH-]([CH2]C(C)C)[O]C(C)C.[Li+]. The molecule has 0 aliphatic carbocycles. The van der Waals surface area contributed by atoms with Crippen molar-refractivity contribution in [2.45, 2.75) is 58.2 Å². The smallest absolute Gasteiger partial charge is 0.658 e. The summed E-state index contributed by atoms with van der Waals surface area (Å²) >= 11 is -1.27. The molecule has 0 unspecified atom stereocenters. The van der Waals surface area contributed by atoms with E-state index in [9.17, 15) is 0 Å². The summed E-state index contributed by atoms with van der Waals surface area (Å²) in [4.78, 5) is 0. The van der Waals surface area contributed by atoms with Crippen LogP contribution in [0.25, 0.3) is 0 Å². The fourth-order valence-electron chi connectivity index (χ4n) is 2.01. The van der Waals surface area contributed by atoms with Gasteiger partial charge in [0.05, 0.1) is 0 Å². The molecule has 0 saturated heterocycles. The van der Waals surface area contributed by atoms with Crippen LogP contribution < -0.4 is 18.9 Å². The largest absolute Gasteiger partial charge is 1.00 e. The molecule has 0 saturated carbocycles. The van der Waals surface area contributed by atoms with E-state index in [2.05, 4.69) is 41.5 Å². The normalized spacial score (nSPS) is 11.6. The van der Waals surface area contributed by atoms with E-state index in [-0.39, 0.29) is 18.9 Å². The molecule has 0 atom stereocenters. The van der Waals surface area contributed by atoms with Crippen molar-refractivity contribution in [3.05, 3.63) is 0 Å². The molecule has 0 aromatic carbocycles. The first-order valence-electron chi connectivity index (χ1n) is 5.80. The molecule has 14 heavy (non-hydrogen) atoms. The van der Waals surface area contributed by atoms with Gasteiger partial charge in [0, 0.05) is 0 Å². The fourth-order valence-corrected chi connectivity index (χ4v) is 6.04. The summed E-state index contributed by atoms with van der Waals surface area (Å²) in [6.45, 7) is 13.5. The molecule has 3 heteroatoms. The Labute approximate surface area is 107 Å². The summed E-state index contributed by atoms with van der Waals surface area (Å²) < 4.78 is 6.05. The molecule has 0 bridgehead atoms. The van der Waals surface area contributed by atoms with E-state index in [1.165, 1.54) is 10.6 Å². The van der Waals surface area contributed by atoms with Crippen LogP contribution in [-0.4, -0.2) is 20.6 Å². The van der Waals surface area contributed by atoms with Crippen LogP contribution in [0.5, 0.6) is 0 Å². The fraction of sp³-hybridized carbons (Fsp3) is 1.00. The Balaban J connectivity index is 0. The van der Waals surface area contributed by atoms with Gasteiger partial charge in [-0.25, -0.2) is 0 Å². The summed E-state index contributed by atoms with van der Waals surface area (Å²) in [6.07, 6.45) is 0.442. The van der Waals surface area contributed by atoms with Gasteiger partial charge in [0.25, 0.3) is 14.5 Å².